The molecule has 0 amide bonds. The lowest BCUT2D eigenvalue weighted by Crippen LogP contribution is -2.17. The molecule has 1 saturated carbocycles. The Kier molecular flexibility index (Phi) is 2.83. The molecule has 0 unspecified atom stereocenters. The topological polar surface area (TPSA) is 83.4 Å². The molecule has 0 saturated heterocycles. The Morgan fingerprint density at radius 2 is 2.05 bits per heavy atom. The average molecular weight is 308 g/mol. The average Bonchev–Trinajstić information content (AvgIpc) is 3.15. The van der Waals surface area contributed by atoms with E-state index in [2.05, 4.69) is 10.1 Å². The zero-order chi connectivity index (χ0) is 14.4. The summed E-state index contributed by atoms with van der Waals surface area (Å²) in [5, 5.41) is 4.38. The zero-order valence-corrected chi connectivity index (χ0v) is 12.0. The number of hydrogen-bond donors (Lipinski definition) is 1. The lowest BCUT2D eigenvalue weighted by molar-refractivity contribution is 0.197. The van der Waals surface area contributed by atoms with Gasteiger partial charge in [-0.1, -0.05) is 16.8 Å². The summed E-state index contributed by atoms with van der Waals surface area (Å²) in [6, 6.07) is 3.58. The van der Waals surface area contributed by atoms with Crippen LogP contribution in [-0.2, 0) is 6.54 Å². The molecule has 1 aliphatic heterocycles. The summed E-state index contributed by atoms with van der Waals surface area (Å²) < 4.78 is 16.7. The quantitative estimate of drug-likeness (QED) is 0.917. The predicted octanol–water partition coefficient (Wildman–Crippen LogP) is 2.40. The van der Waals surface area contributed by atoms with Crippen molar-refractivity contribution in [2.24, 2.45) is 11.1 Å². The van der Waals surface area contributed by atoms with E-state index in [4.69, 9.17) is 31.3 Å². The van der Waals surface area contributed by atoms with E-state index in [-0.39, 0.29) is 12.0 Å². The summed E-state index contributed by atoms with van der Waals surface area (Å²) in [6.07, 6.45) is 2.27. The number of nitrogens with two attached hydrogens (primary N) is 1. The first kappa shape index (κ1) is 12.9. The maximum absolute atomic E-state index is 6.31. The van der Waals surface area contributed by atoms with Gasteiger partial charge in [-0.3, -0.25) is 0 Å². The predicted molar refractivity (Wildman–Crippen MR) is 75.3 cm³/mol. The lowest BCUT2D eigenvalue weighted by atomic mass is 10.1. The maximum atomic E-state index is 6.31. The van der Waals surface area contributed by atoms with Gasteiger partial charge in [0.05, 0.1) is 24.8 Å². The molecule has 110 valence electrons. The SMILES string of the molecule is NCc1nc(-c2cc(Cl)c3c(c2)OCC2(CC2)CO3)no1. The summed E-state index contributed by atoms with van der Waals surface area (Å²) in [6.45, 7) is 1.51. The third kappa shape index (κ3) is 2.24. The Labute approximate surface area is 126 Å². The monoisotopic (exact) mass is 307 g/mol. The molecular formula is C14H14ClN3O3. The normalized spacial score (nSPS) is 18.6. The first-order valence-electron chi connectivity index (χ1n) is 6.81. The second kappa shape index (κ2) is 4.61. The van der Waals surface area contributed by atoms with Crippen molar-refractivity contribution in [1.82, 2.24) is 10.1 Å². The lowest BCUT2D eigenvalue weighted by Gasteiger charge is -2.09. The molecule has 6 nitrogen and oxygen atoms in total. The molecule has 1 spiro atoms. The minimum Gasteiger partial charge on any atom is -0.489 e. The van der Waals surface area contributed by atoms with Gasteiger partial charge in [0.15, 0.2) is 11.5 Å². The molecule has 7 heteroatoms. The van der Waals surface area contributed by atoms with Crippen LogP contribution in [0.1, 0.15) is 18.7 Å². The number of fused-ring (bicyclic) bond motifs is 1. The highest BCUT2D eigenvalue weighted by molar-refractivity contribution is 6.32. The van der Waals surface area contributed by atoms with E-state index in [1.165, 1.54) is 0 Å². The largest absolute Gasteiger partial charge is 0.489 e. The molecule has 2 N–H and O–H groups in total. The fourth-order valence-electron chi connectivity index (χ4n) is 2.36. The molecule has 1 aliphatic carbocycles. The summed E-state index contributed by atoms with van der Waals surface area (Å²) >= 11 is 6.31. The van der Waals surface area contributed by atoms with Gasteiger partial charge < -0.3 is 19.7 Å². The second-order valence-corrected chi connectivity index (χ2v) is 5.99. The standard InChI is InChI=1S/C14H14ClN3O3/c15-9-3-8(13-17-11(5-16)21-18-13)4-10-12(9)20-7-14(1-2-14)6-19-10/h3-4H,1-2,5-7,16H2. The Bertz CT molecular complexity index is 697. The maximum Gasteiger partial charge on any atom is 0.240 e. The highest BCUT2D eigenvalue weighted by atomic mass is 35.5. The van der Waals surface area contributed by atoms with Gasteiger partial charge in [0.25, 0.3) is 0 Å². The molecule has 2 aliphatic rings. The minimum atomic E-state index is 0.168. The summed E-state index contributed by atoms with van der Waals surface area (Å²) in [7, 11) is 0. The third-order valence-corrected chi connectivity index (χ3v) is 4.20. The van der Waals surface area contributed by atoms with Crippen LogP contribution < -0.4 is 15.2 Å². The number of nitrogens with zero attached hydrogens (tertiary/aromatic N) is 2. The number of rotatable bonds is 2. The number of aromatic nitrogens is 2. The van der Waals surface area contributed by atoms with Crippen molar-refractivity contribution in [3.63, 3.8) is 0 Å². The zero-order valence-electron chi connectivity index (χ0n) is 11.3. The fraction of sp³-hybridized carbons (Fsp3) is 0.429. The molecule has 0 bridgehead atoms. The molecule has 21 heavy (non-hydrogen) atoms. The Morgan fingerprint density at radius 1 is 1.24 bits per heavy atom. The van der Waals surface area contributed by atoms with Crippen LogP contribution in [0.5, 0.6) is 11.5 Å². The van der Waals surface area contributed by atoms with Crippen LogP contribution >= 0.6 is 11.6 Å². The van der Waals surface area contributed by atoms with Crippen LogP contribution in [0.4, 0.5) is 0 Å². The summed E-state index contributed by atoms with van der Waals surface area (Å²) in [5.41, 5.74) is 6.36. The molecule has 1 aromatic carbocycles. The van der Waals surface area contributed by atoms with Crippen LogP contribution in [0, 0.1) is 5.41 Å². The Hall–Kier alpha value is -1.79. The fourth-order valence-corrected chi connectivity index (χ4v) is 2.63. The van der Waals surface area contributed by atoms with Crippen molar-refractivity contribution >= 4 is 11.6 Å². The molecular weight excluding hydrogens is 294 g/mol. The van der Waals surface area contributed by atoms with Crippen molar-refractivity contribution in [3.05, 3.63) is 23.0 Å². The van der Waals surface area contributed by atoms with Gasteiger partial charge in [0.2, 0.25) is 11.7 Å². The van der Waals surface area contributed by atoms with Crippen LogP contribution in [0.15, 0.2) is 16.7 Å². The van der Waals surface area contributed by atoms with Crippen LogP contribution in [0.2, 0.25) is 5.02 Å². The first-order valence-corrected chi connectivity index (χ1v) is 7.19. The molecule has 0 radical (unpaired) electrons. The third-order valence-electron chi connectivity index (χ3n) is 3.92. The van der Waals surface area contributed by atoms with Gasteiger partial charge in [-0.2, -0.15) is 4.98 Å². The summed E-state index contributed by atoms with van der Waals surface area (Å²) in [5.74, 6) is 2.03. The summed E-state index contributed by atoms with van der Waals surface area (Å²) in [4.78, 5) is 4.20. The second-order valence-electron chi connectivity index (χ2n) is 5.58. The van der Waals surface area contributed by atoms with Crippen LogP contribution in [-0.4, -0.2) is 23.4 Å². The minimum absolute atomic E-state index is 0.168. The van der Waals surface area contributed by atoms with Gasteiger partial charge in [-0.25, -0.2) is 0 Å². The van der Waals surface area contributed by atoms with Crippen molar-refractivity contribution < 1.29 is 14.0 Å². The van der Waals surface area contributed by atoms with E-state index in [0.717, 1.165) is 18.4 Å². The number of ether oxygens (including phenoxy) is 2. The van der Waals surface area contributed by atoms with Gasteiger partial charge in [-0.15, -0.1) is 0 Å². The van der Waals surface area contributed by atoms with E-state index >= 15 is 0 Å². The van der Waals surface area contributed by atoms with Crippen molar-refractivity contribution in [1.29, 1.82) is 0 Å². The van der Waals surface area contributed by atoms with Gasteiger partial charge in [0.1, 0.15) is 0 Å². The molecule has 4 rings (SSSR count). The molecule has 2 aromatic rings. The van der Waals surface area contributed by atoms with E-state index in [1.54, 1.807) is 6.07 Å². The van der Waals surface area contributed by atoms with Crippen molar-refractivity contribution in [2.45, 2.75) is 19.4 Å². The Morgan fingerprint density at radius 3 is 2.76 bits per heavy atom. The van der Waals surface area contributed by atoms with E-state index in [0.29, 0.717) is 41.5 Å². The smallest absolute Gasteiger partial charge is 0.240 e. The van der Waals surface area contributed by atoms with Gasteiger partial charge in [0, 0.05) is 11.0 Å². The van der Waals surface area contributed by atoms with Gasteiger partial charge >= 0.3 is 0 Å². The van der Waals surface area contributed by atoms with E-state index in [1.807, 2.05) is 6.07 Å². The number of hydrogen-bond acceptors (Lipinski definition) is 6. The van der Waals surface area contributed by atoms with E-state index < -0.39 is 0 Å². The molecule has 1 aromatic heterocycles. The number of halogens is 1. The van der Waals surface area contributed by atoms with E-state index in [9.17, 15) is 0 Å². The van der Waals surface area contributed by atoms with Crippen LogP contribution in [0.25, 0.3) is 11.4 Å². The van der Waals surface area contributed by atoms with Gasteiger partial charge in [-0.05, 0) is 25.0 Å². The highest BCUT2D eigenvalue weighted by Gasteiger charge is 2.46. The molecule has 1 fully saturated rings. The Balaban J connectivity index is 1.71. The van der Waals surface area contributed by atoms with Crippen molar-refractivity contribution in [2.75, 3.05) is 13.2 Å². The van der Waals surface area contributed by atoms with Crippen LogP contribution in [0.3, 0.4) is 0 Å². The highest BCUT2D eigenvalue weighted by Crippen LogP contribution is 2.50. The molecule has 2 heterocycles. The number of benzene rings is 1. The molecule has 0 atom stereocenters. The van der Waals surface area contributed by atoms with Crippen molar-refractivity contribution in [3.8, 4) is 22.9 Å². The first-order chi connectivity index (χ1) is 10.2.